The van der Waals surface area contributed by atoms with Crippen molar-refractivity contribution in [2.45, 2.75) is 37.5 Å². The van der Waals surface area contributed by atoms with Crippen LogP contribution >= 0.6 is 21.6 Å². The zero-order chi connectivity index (χ0) is 13.1. The lowest BCUT2D eigenvalue weighted by Gasteiger charge is -2.14. The van der Waals surface area contributed by atoms with E-state index in [1.165, 1.54) is 32.0 Å². The Balaban J connectivity index is 2.24. The second-order valence-electron chi connectivity index (χ2n) is 4.57. The number of hydrogen-bond donors (Lipinski definition) is 0. The Hall–Kier alpha value is -0.860. The van der Waals surface area contributed by atoms with E-state index in [1.807, 2.05) is 21.6 Å². The summed E-state index contributed by atoms with van der Waals surface area (Å²) in [5.41, 5.74) is 5.58. The van der Waals surface area contributed by atoms with Gasteiger partial charge in [-0.05, 0) is 62.1 Å². The van der Waals surface area contributed by atoms with E-state index in [0.717, 1.165) is 0 Å². The highest BCUT2D eigenvalue weighted by atomic mass is 33.1. The molecule has 0 aliphatic carbocycles. The maximum Gasteiger partial charge on any atom is 0.0250 e. The molecular formula is C16H18S2. The third-order valence-electron chi connectivity index (χ3n) is 3.26. The van der Waals surface area contributed by atoms with Crippen LogP contribution < -0.4 is 0 Å². The van der Waals surface area contributed by atoms with Crippen LogP contribution in [0.3, 0.4) is 0 Å². The molecule has 0 atom stereocenters. The van der Waals surface area contributed by atoms with Crippen LogP contribution in [0.5, 0.6) is 0 Å². The van der Waals surface area contributed by atoms with E-state index in [2.05, 4.69) is 64.1 Å². The van der Waals surface area contributed by atoms with E-state index in [0.29, 0.717) is 0 Å². The molecule has 0 aliphatic heterocycles. The van der Waals surface area contributed by atoms with Gasteiger partial charge >= 0.3 is 0 Å². The van der Waals surface area contributed by atoms with Crippen LogP contribution in [0, 0.1) is 27.7 Å². The predicted molar refractivity (Wildman–Crippen MR) is 83.5 cm³/mol. The highest BCUT2D eigenvalue weighted by Gasteiger charge is 2.09. The van der Waals surface area contributed by atoms with Gasteiger partial charge in [0.25, 0.3) is 0 Å². The van der Waals surface area contributed by atoms with Gasteiger partial charge < -0.3 is 0 Å². The quantitative estimate of drug-likeness (QED) is 0.656. The third kappa shape index (κ3) is 2.93. The van der Waals surface area contributed by atoms with Crippen LogP contribution in [0.1, 0.15) is 22.3 Å². The summed E-state index contributed by atoms with van der Waals surface area (Å²) < 4.78 is 0. The molecule has 0 saturated heterocycles. The third-order valence-corrected chi connectivity index (χ3v) is 5.92. The molecule has 0 N–H and O–H groups in total. The smallest absolute Gasteiger partial charge is 0.0250 e. The second-order valence-corrected chi connectivity index (χ2v) is 6.78. The van der Waals surface area contributed by atoms with Gasteiger partial charge in [0.05, 0.1) is 0 Å². The molecule has 94 valence electrons. The predicted octanol–water partition coefficient (Wildman–Crippen LogP) is 5.72. The molecule has 2 aromatic rings. The number of aryl methyl sites for hydroxylation is 2. The van der Waals surface area contributed by atoms with Gasteiger partial charge in [-0.2, -0.15) is 0 Å². The van der Waals surface area contributed by atoms with Gasteiger partial charge in [-0.25, -0.2) is 0 Å². The summed E-state index contributed by atoms with van der Waals surface area (Å²) in [6.45, 7) is 8.82. The average Bonchev–Trinajstić information content (AvgIpc) is 2.38. The maximum absolute atomic E-state index is 2.28. The molecule has 0 aromatic heterocycles. The zero-order valence-corrected chi connectivity index (χ0v) is 12.9. The van der Waals surface area contributed by atoms with Crippen molar-refractivity contribution in [3.8, 4) is 0 Å². The largest absolute Gasteiger partial charge is 0.0622 e. The zero-order valence-electron chi connectivity index (χ0n) is 11.3. The van der Waals surface area contributed by atoms with Crippen molar-refractivity contribution >= 4 is 21.6 Å². The molecule has 2 rings (SSSR count). The van der Waals surface area contributed by atoms with Gasteiger partial charge in [-0.3, -0.25) is 0 Å². The van der Waals surface area contributed by atoms with E-state index in [9.17, 15) is 0 Å². The monoisotopic (exact) mass is 274 g/mol. The van der Waals surface area contributed by atoms with Gasteiger partial charge in [0.2, 0.25) is 0 Å². The first-order valence-electron chi connectivity index (χ1n) is 6.06. The van der Waals surface area contributed by atoms with Crippen molar-refractivity contribution in [1.82, 2.24) is 0 Å². The molecule has 0 bridgehead atoms. The Morgan fingerprint density at radius 2 is 1.28 bits per heavy atom. The molecule has 0 fully saturated rings. The first-order valence-corrected chi connectivity index (χ1v) is 8.21. The molecule has 2 heteroatoms. The fraction of sp³-hybridized carbons (Fsp3) is 0.250. The molecular weight excluding hydrogens is 256 g/mol. The summed E-state index contributed by atoms with van der Waals surface area (Å²) in [6.07, 6.45) is 0. The molecule has 0 saturated carbocycles. The van der Waals surface area contributed by atoms with Crippen molar-refractivity contribution in [2.75, 3.05) is 0 Å². The summed E-state index contributed by atoms with van der Waals surface area (Å²) >= 11 is 0. The fourth-order valence-corrected chi connectivity index (χ4v) is 4.51. The highest BCUT2D eigenvalue weighted by molar-refractivity contribution is 8.76. The number of benzene rings is 2. The standard InChI is InChI=1S/C16H18S2/c1-11-10-12(2)14(4)16(13(11)3)18-17-15-8-6-5-7-9-15/h5-10H,1-4H3. The lowest BCUT2D eigenvalue weighted by atomic mass is 10.0. The Bertz CT molecular complexity index is 519. The average molecular weight is 274 g/mol. The topological polar surface area (TPSA) is 0 Å². The fourth-order valence-electron chi connectivity index (χ4n) is 1.87. The van der Waals surface area contributed by atoms with Crippen molar-refractivity contribution in [2.24, 2.45) is 0 Å². The molecule has 0 radical (unpaired) electrons. The van der Waals surface area contributed by atoms with Crippen LogP contribution in [0.2, 0.25) is 0 Å². The van der Waals surface area contributed by atoms with Crippen molar-refractivity contribution in [3.05, 3.63) is 58.7 Å². The molecule has 2 aromatic carbocycles. The van der Waals surface area contributed by atoms with E-state index in [-0.39, 0.29) is 0 Å². The first kappa shape index (κ1) is 13.6. The Morgan fingerprint density at radius 3 is 1.83 bits per heavy atom. The van der Waals surface area contributed by atoms with Crippen LogP contribution in [-0.2, 0) is 0 Å². The summed E-state index contributed by atoms with van der Waals surface area (Å²) in [7, 11) is 3.71. The molecule has 0 spiro atoms. The van der Waals surface area contributed by atoms with Crippen LogP contribution in [-0.4, -0.2) is 0 Å². The maximum atomic E-state index is 2.28. The molecule has 18 heavy (non-hydrogen) atoms. The van der Waals surface area contributed by atoms with Crippen LogP contribution in [0.25, 0.3) is 0 Å². The number of rotatable bonds is 3. The minimum atomic E-state index is 1.31. The summed E-state index contributed by atoms with van der Waals surface area (Å²) in [4.78, 5) is 2.72. The highest BCUT2D eigenvalue weighted by Crippen LogP contribution is 2.41. The molecule has 0 nitrogen and oxygen atoms in total. The van der Waals surface area contributed by atoms with Crippen LogP contribution in [0.4, 0.5) is 0 Å². The van der Waals surface area contributed by atoms with E-state index in [1.54, 1.807) is 0 Å². The van der Waals surface area contributed by atoms with E-state index in [4.69, 9.17) is 0 Å². The van der Waals surface area contributed by atoms with Gasteiger partial charge in [0.1, 0.15) is 0 Å². The molecule has 0 amide bonds. The summed E-state index contributed by atoms with van der Waals surface area (Å²) in [5, 5.41) is 0. The minimum Gasteiger partial charge on any atom is -0.0622 e. The Morgan fingerprint density at radius 1 is 0.722 bits per heavy atom. The second kappa shape index (κ2) is 5.85. The Labute approximate surface area is 118 Å². The minimum absolute atomic E-state index is 1.31. The van der Waals surface area contributed by atoms with Crippen LogP contribution in [0.15, 0.2) is 46.2 Å². The lowest BCUT2D eigenvalue weighted by molar-refractivity contribution is 1.14. The normalized spacial score (nSPS) is 10.7. The SMILES string of the molecule is Cc1cc(C)c(C)c(SSc2ccccc2)c1C. The van der Waals surface area contributed by atoms with Gasteiger partial charge in [-0.1, -0.05) is 45.9 Å². The molecule has 0 aliphatic rings. The first-order chi connectivity index (χ1) is 8.59. The van der Waals surface area contributed by atoms with Gasteiger partial charge in [0.15, 0.2) is 0 Å². The lowest BCUT2D eigenvalue weighted by Crippen LogP contribution is -1.92. The summed E-state index contributed by atoms with van der Waals surface area (Å²) in [5.74, 6) is 0. The van der Waals surface area contributed by atoms with Crippen molar-refractivity contribution < 1.29 is 0 Å². The number of hydrogen-bond acceptors (Lipinski definition) is 2. The summed E-state index contributed by atoms with van der Waals surface area (Å²) in [6, 6.07) is 12.8. The van der Waals surface area contributed by atoms with Gasteiger partial charge in [-0.15, -0.1) is 0 Å². The van der Waals surface area contributed by atoms with E-state index < -0.39 is 0 Å². The van der Waals surface area contributed by atoms with E-state index >= 15 is 0 Å². The van der Waals surface area contributed by atoms with Crippen molar-refractivity contribution in [3.63, 3.8) is 0 Å². The Kier molecular flexibility index (Phi) is 4.41. The van der Waals surface area contributed by atoms with Gasteiger partial charge in [0, 0.05) is 9.79 Å². The molecule has 0 heterocycles. The molecule has 0 unspecified atom stereocenters. The van der Waals surface area contributed by atoms with Crippen molar-refractivity contribution in [1.29, 1.82) is 0 Å².